The lowest BCUT2D eigenvalue weighted by Crippen LogP contribution is -2.34. The summed E-state index contributed by atoms with van der Waals surface area (Å²) < 4.78 is 5.86. The van der Waals surface area contributed by atoms with Gasteiger partial charge in [0.25, 0.3) is 5.91 Å². The van der Waals surface area contributed by atoms with Gasteiger partial charge in [0, 0.05) is 12.5 Å². The molecule has 1 aliphatic heterocycles. The summed E-state index contributed by atoms with van der Waals surface area (Å²) >= 11 is 0. The van der Waals surface area contributed by atoms with Crippen LogP contribution in [-0.2, 0) is 9.53 Å². The quantitative estimate of drug-likeness (QED) is 0.650. The lowest BCUT2D eigenvalue weighted by molar-refractivity contribution is -0.126. The van der Waals surface area contributed by atoms with E-state index in [0.717, 1.165) is 11.3 Å². The van der Waals surface area contributed by atoms with Crippen LogP contribution in [0, 0.1) is 10.8 Å². The van der Waals surface area contributed by atoms with Gasteiger partial charge in [-0.15, -0.1) is 0 Å². The van der Waals surface area contributed by atoms with E-state index in [9.17, 15) is 4.79 Å². The van der Waals surface area contributed by atoms with Crippen LogP contribution in [0.4, 0.5) is 0 Å². The van der Waals surface area contributed by atoms with Crippen LogP contribution in [0.1, 0.15) is 41.5 Å². The second kappa shape index (κ2) is 4.35. The Labute approximate surface area is 105 Å². The first kappa shape index (κ1) is 14.1. The van der Waals surface area contributed by atoms with Gasteiger partial charge >= 0.3 is 0 Å². The molecule has 1 rings (SSSR count). The van der Waals surface area contributed by atoms with E-state index in [4.69, 9.17) is 4.74 Å². The topological polar surface area (TPSA) is 29.5 Å². The number of nitrogens with zero attached hydrogens (tertiary/aromatic N) is 1. The van der Waals surface area contributed by atoms with E-state index in [0.29, 0.717) is 13.2 Å². The molecule has 1 heterocycles. The summed E-state index contributed by atoms with van der Waals surface area (Å²) in [6.45, 7) is 13.7. The van der Waals surface area contributed by atoms with Crippen molar-refractivity contribution in [2.45, 2.75) is 41.5 Å². The van der Waals surface area contributed by atoms with E-state index in [2.05, 4.69) is 41.5 Å². The Morgan fingerprint density at radius 1 is 1.06 bits per heavy atom. The molecular weight excluding hydrogens is 214 g/mol. The predicted octanol–water partition coefficient (Wildman–Crippen LogP) is 2.82. The Morgan fingerprint density at radius 3 is 2.00 bits per heavy atom. The summed E-state index contributed by atoms with van der Waals surface area (Å²) in [6, 6.07) is 0. The number of allylic oxidation sites excluding steroid dienone is 1. The van der Waals surface area contributed by atoms with Crippen LogP contribution in [-0.4, -0.2) is 31.0 Å². The van der Waals surface area contributed by atoms with Gasteiger partial charge < -0.3 is 9.64 Å². The molecule has 3 nitrogen and oxygen atoms in total. The van der Waals surface area contributed by atoms with Gasteiger partial charge in [0.05, 0.1) is 12.1 Å². The smallest absolute Gasteiger partial charge is 0.253 e. The number of carbonyl (C=O) groups excluding carboxylic acids is 1. The first-order chi connectivity index (χ1) is 7.55. The zero-order chi connectivity index (χ0) is 13.4. The zero-order valence-corrected chi connectivity index (χ0v) is 12.2. The van der Waals surface area contributed by atoms with Crippen molar-refractivity contribution in [3.05, 3.63) is 11.3 Å². The standard InChI is InChI=1S/C14H25NO2/c1-13(2,3)10-11(14(4,5)6)17-9-8-15(7)12(10)16/h8-9H2,1-7H3. The second-order valence-corrected chi connectivity index (χ2v) is 6.78. The minimum absolute atomic E-state index is 0.0972. The van der Waals surface area contributed by atoms with Crippen LogP contribution in [0.2, 0.25) is 0 Å². The molecule has 0 spiro atoms. The largest absolute Gasteiger partial charge is 0.495 e. The highest BCUT2D eigenvalue weighted by atomic mass is 16.5. The van der Waals surface area contributed by atoms with Crippen LogP contribution in [0.15, 0.2) is 11.3 Å². The van der Waals surface area contributed by atoms with Gasteiger partial charge in [-0.05, 0) is 5.41 Å². The van der Waals surface area contributed by atoms with Crippen molar-refractivity contribution >= 4 is 5.91 Å². The van der Waals surface area contributed by atoms with E-state index in [1.807, 2.05) is 7.05 Å². The number of amides is 1. The third kappa shape index (κ3) is 3.02. The van der Waals surface area contributed by atoms with Gasteiger partial charge in [-0.2, -0.15) is 0 Å². The monoisotopic (exact) mass is 239 g/mol. The summed E-state index contributed by atoms with van der Waals surface area (Å²) in [5.41, 5.74) is 0.479. The van der Waals surface area contributed by atoms with Gasteiger partial charge in [-0.25, -0.2) is 0 Å². The molecular formula is C14H25NO2. The van der Waals surface area contributed by atoms with E-state index in [-0.39, 0.29) is 16.7 Å². The van der Waals surface area contributed by atoms with Gasteiger partial charge in [0.2, 0.25) is 0 Å². The summed E-state index contributed by atoms with van der Waals surface area (Å²) in [4.78, 5) is 14.2. The molecule has 1 amide bonds. The van der Waals surface area contributed by atoms with Crippen molar-refractivity contribution < 1.29 is 9.53 Å². The molecule has 0 radical (unpaired) electrons. The molecule has 17 heavy (non-hydrogen) atoms. The van der Waals surface area contributed by atoms with Gasteiger partial charge in [0.15, 0.2) is 0 Å². The van der Waals surface area contributed by atoms with E-state index < -0.39 is 0 Å². The molecule has 0 aromatic carbocycles. The van der Waals surface area contributed by atoms with Crippen molar-refractivity contribution in [2.75, 3.05) is 20.2 Å². The van der Waals surface area contributed by atoms with Crippen molar-refractivity contribution in [2.24, 2.45) is 10.8 Å². The molecule has 0 atom stereocenters. The number of hydrogen-bond donors (Lipinski definition) is 0. The average Bonchev–Trinajstić information content (AvgIpc) is 2.24. The minimum Gasteiger partial charge on any atom is -0.495 e. The Balaban J connectivity index is 3.39. The van der Waals surface area contributed by atoms with E-state index in [1.165, 1.54) is 0 Å². The Kier molecular flexibility index (Phi) is 3.60. The Bertz CT molecular complexity index is 342. The highest BCUT2D eigenvalue weighted by Crippen LogP contribution is 2.38. The molecule has 1 aliphatic rings. The normalized spacial score (nSPS) is 19.2. The lowest BCUT2D eigenvalue weighted by atomic mass is 9.79. The first-order valence-corrected chi connectivity index (χ1v) is 6.18. The maximum Gasteiger partial charge on any atom is 0.253 e. The molecule has 0 aromatic rings. The third-order valence-corrected chi connectivity index (χ3v) is 2.89. The summed E-state index contributed by atoms with van der Waals surface area (Å²) in [5.74, 6) is 0.944. The highest BCUT2D eigenvalue weighted by molar-refractivity contribution is 5.95. The highest BCUT2D eigenvalue weighted by Gasteiger charge is 2.37. The first-order valence-electron chi connectivity index (χ1n) is 6.18. The molecule has 98 valence electrons. The summed E-state index contributed by atoms with van der Waals surface area (Å²) in [6.07, 6.45) is 0. The fraction of sp³-hybridized carbons (Fsp3) is 0.786. The molecule has 0 N–H and O–H groups in total. The molecule has 3 heteroatoms. The Hall–Kier alpha value is -0.990. The van der Waals surface area contributed by atoms with Crippen molar-refractivity contribution in [3.63, 3.8) is 0 Å². The second-order valence-electron chi connectivity index (χ2n) is 6.78. The van der Waals surface area contributed by atoms with Crippen LogP contribution >= 0.6 is 0 Å². The van der Waals surface area contributed by atoms with Crippen molar-refractivity contribution in [1.82, 2.24) is 4.90 Å². The maximum atomic E-state index is 12.4. The fourth-order valence-electron chi connectivity index (χ4n) is 2.00. The molecule has 0 aliphatic carbocycles. The minimum atomic E-state index is -0.196. The van der Waals surface area contributed by atoms with Crippen molar-refractivity contribution in [1.29, 1.82) is 0 Å². The van der Waals surface area contributed by atoms with Gasteiger partial charge in [-0.1, -0.05) is 41.5 Å². The molecule has 0 bridgehead atoms. The number of likely N-dealkylation sites (N-methyl/N-ethyl adjacent to an activating group) is 1. The maximum absolute atomic E-state index is 12.4. The molecule has 0 saturated heterocycles. The number of hydrogen-bond acceptors (Lipinski definition) is 2. The molecule has 0 aromatic heterocycles. The van der Waals surface area contributed by atoms with Crippen molar-refractivity contribution in [3.8, 4) is 0 Å². The number of rotatable bonds is 0. The predicted molar refractivity (Wildman–Crippen MR) is 69.5 cm³/mol. The molecule has 0 unspecified atom stereocenters. The molecule has 0 saturated carbocycles. The van der Waals surface area contributed by atoms with Crippen LogP contribution < -0.4 is 0 Å². The third-order valence-electron chi connectivity index (χ3n) is 2.89. The van der Waals surface area contributed by atoms with Crippen LogP contribution in [0.3, 0.4) is 0 Å². The number of ether oxygens (including phenoxy) is 1. The zero-order valence-electron chi connectivity index (χ0n) is 12.2. The summed E-state index contributed by atoms with van der Waals surface area (Å²) in [7, 11) is 1.84. The fourth-order valence-corrected chi connectivity index (χ4v) is 2.00. The average molecular weight is 239 g/mol. The van der Waals surface area contributed by atoms with Crippen LogP contribution in [0.5, 0.6) is 0 Å². The van der Waals surface area contributed by atoms with E-state index in [1.54, 1.807) is 4.90 Å². The Morgan fingerprint density at radius 2 is 1.59 bits per heavy atom. The lowest BCUT2D eigenvalue weighted by Gasteiger charge is -2.30. The van der Waals surface area contributed by atoms with Gasteiger partial charge in [0.1, 0.15) is 12.4 Å². The van der Waals surface area contributed by atoms with Crippen LogP contribution in [0.25, 0.3) is 0 Å². The molecule has 0 fully saturated rings. The SMILES string of the molecule is CN1CCOC(C(C)(C)C)=C(C(C)(C)C)C1=O. The number of carbonyl (C=O) groups is 1. The summed E-state index contributed by atoms with van der Waals surface area (Å²) in [5, 5.41) is 0. The van der Waals surface area contributed by atoms with Gasteiger partial charge in [-0.3, -0.25) is 4.79 Å². The van der Waals surface area contributed by atoms with E-state index >= 15 is 0 Å².